The van der Waals surface area contributed by atoms with Crippen LogP contribution in [0.15, 0.2) is 349 Å². The Morgan fingerprint density at radius 3 is 1.22 bits per heavy atom. The topological polar surface area (TPSA) is 65.2 Å². The third kappa shape index (κ3) is 26.1. The van der Waals surface area contributed by atoms with Gasteiger partial charge in [0.25, 0.3) is 0 Å². The molecule has 6 aliphatic carbocycles. The number of rotatable bonds is 18. The van der Waals surface area contributed by atoms with Gasteiger partial charge in [-0.2, -0.15) is 0 Å². The van der Waals surface area contributed by atoms with Crippen molar-refractivity contribution in [3.05, 3.63) is 404 Å². The third-order valence-corrected chi connectivity index (χ3v) is 31.2. The maximum atomic E-state index is 11.2. The predicted octanol–water partition coefficient (Wildman–Crippen LogP) is 30.0. The molecule has 12 aromatic carbocycles. The standard InChI is InChI=1S/C41H45NO.C25H24.2C18H15P.C17H24INO.CH4.2ClH.Pd/c1-40(2,3)38-26-29(25-31(39(38)43)28-42-33-19-6-5-7-20-33)15-12-13-24-41(4,32-17-9-10-18-32)37-23-14-22-35-34-21-11-8-16-30(34)27-36(35)37;1-3-4-9-17-25(2,20-12-6-7-13-20)24-16-10-15-22-21-14-8-5-11-19(21)18-23(22)24;2*1-4-10-16(11-5-1)19(17-12-6-2-7-13-17)18-14-8-3-9-15-18;1-17(2,3)15-10-13(18)9-12(16(15)20)11-19-14-7-5-4-6-8-14;;;;/h8-9,11,14,16-18,21-23,25-26,28,33,43H,5-7,10,13,19-20,24,27H2,1-4H3;5-8,10-16,20H,9,17-18H2,1-2H3;2*1-15H;9-11,14,20H,4-8H2,1-3H3;1H4;2*1H;/q;;;;;;;;+2/p-2. The molecule has 18 rings (SSSR count). The van der Waals surface area contributed by atoms with Crippen LogP contribution in [0.5, 0.6) is 11.5 Å². The Balaban J connectivity index is 0.000000152. The SMILES string of the molecule is C.CC#CCCC(C)(c1cccc2c1Cc1ccccc1-2)C1C=CC=C1.CC(C)(C)c1cc(C#CCCC(C)(C2=CCC=C2)c2cccc3c2Cc2ccccc2-3)cc(C=NC2CCCCC2)c1O.CC(C)(C)c1cc(I)cc(C=NC2CCCCC2)c1O.[Cl][Pd][Cl].c1ccc(P(c2ccccc2)c2ccccc2)cc1.c1ccc(P(c2ccccc2)c2ccccc2)cc1. The van der Waals surface area contributed by atoms with E-state index in [4.69, 9.17) is 29.0 Å². The minimum Gasteiger partial charge on any atom is -0.0622 e. The van der Waals surface area contributed by atoms with Crippen molar-refractivity contribution in [2.45, 2.75) is 213 Å². The van der Waals surface area contributed by atoms with Gasteiger partial charge in [-0.25, -0.2) is 0 Å². The number of aliphatic imine (C=N–C) groups is 2. The van der Waals surface area contributed by atoms with E-state index in [9.17, 15) is 10.2 Å². The second-order valence-corrected chi connectivity index (χ2v) is 44.7. The summed E-state index contributed by atoms with van der Waals surface area (Å²) in [5, 5.41) is 30.1. The summed E-state index contributed by atoms with van der Waals surface area (Å²) in [6.07, 6.45) is 39.0. The van der Waals surface area contributed by atoms with Gasteiger partial charge in [-0.15, -0.1) is 11.8 Å². The molecule has 12 aromatic rings. The molecule has 0 bridgehead atoms. The van der Waals surface area contributed by atoms with E-state index in [0.717, 1.165) is 89.2 Å². The number of phenols is 2. The third-order valence-electron chi connectivity index (χ3n) is 25.7. The van der Waals surface area contributed by atoms with Crippen molar-refractivity contribution in [2.24, 2.45) is 15.9 Å². The molecule has 2 saturated carbocycles. The quantitative estimate of drug-likeness (QED) is 0.0296. The zero-order valence-corrected chi connectivity index (χ0v) is 83.3. The average molecular weight is 2000 g/mol. The summed E-state index contributed by atoms with van der Waals surface area (Å²) in [6.45, 7) is 19.6. The summed E-state index contributed by atoms with van der Waals surface area (Å²) in [4.78, 5) is 9.57. The molecule has 0 aliphatic heterocycles. The fourth-order valence-corrected chi connectivity index (χ4v) is 24.1. The Morgan fingerprint density at radius 2 is 0.815 bits per heavy atom. The van der Waals surface area contributed by atoms with Gasteiger partial charge < -0.3 is 10.2 Å². The van der Waals surface area contributed by atoms with Crippen LogP contribution in [-0.4, -0.2) is 34.7 Å². The summed E-state index contributed by atoms with van der Waals surface area (Å²) in [5.74, 6) is 14.5. The van der Waals surface area contributed by atoms with Crippen molar-refractivity contribution in [1.82, 2.24) is 0 Å². The van der Waals surface area contributed by atoms with Crippen molar-refractivity contribution in [2.75, 3.05) is 0 Å². The number of allylic oxidation sites excluding steroid dienone is 8. The Kier molecular flexibility index (Phi) is 37.3. The molecule has 2 N–H and O–H groups in total. The fourth-order valence-electron chi connectivity index (χ4n) is 18.8. The molecule has 10 heteroatoms. The van der Waals surface area contributed by atoms with E-state index in [2.05, 4.69) is 423 Å². The fraction of sp³-hybridized carbons (Fsp3) is 0.283. The first kappa shape index (κ1) is 99.5. The van der Waals surface area contributed by atoms with E-state index in [1.165, 1.54) is 144 Å². The number of fused-ring (bicyclic) bond motifs is 6. The second kappa shape index (κ2) is 48.8. The molecule has 2 fully saturated rings. The van der Waals surface area contributed by atoms with Crippen LogP contribution >= 0.6 is 57.5 Å². The number of phenolic OH excluding ortho intramolecular Hbond substituents is 2. The summed E-state index contributed by atoms with van der Waals surface area (Å²) in [6, 6.07) is 105. The molecule has 130 heavy (non-hydrogen) atoms. The Labute approximate surface area is 810 Å². The zero-order valence-electron chi connectivity index (χ0n) is 76.3. The van der Waals surface area contributed by atoms with Gasteiger partial charge in [0.15, 0.2) is 0 Å². The normalized spacial score (nSPS) is 15.1. The van der Waals surface area contributed by atoms with Gasteiger partial charge in [0.05, 0.1) is 0 Å². The molecule has 0 saturated heterocycles. The van der Waals surface area contributed by atoms with Gasteiger partial charge in [0.2, 0.25) is 0 Å². The van der Waals surface area contributed by atoms with Gasteiger partial charge >= 0.3 is 35.0 Å². The van der Waals surface area contributed by atoms with Crippen LogP contribution < -0.4 is 31.8 Å². The number of hydrogen-bond donors (Lipinski definition) is 2. The number of halogens is 3. The Hall–Kier alpha value is -9.51. The van der Waals surface area contributed by atoms with Crippen molar-refractivity contribution in [3.63, 3.8) is 0 Å². The van der Waals surface area contributed by atoms with Gasteiger partial charge in [-0.3, -0.25) is 9.98 Å². The molecule has 0 heterocycles. The number of nitrogens with zero attached hydrogens (tertiary/aromatic N) is 2. The summed E-state index contributed by atoms with van der Waals surface area (Å²) >= 11 is 2.20. The summed E-state index contributed by atoms with van der Waals surface area (Å²) in [7, 11) is 8.74. The van der Waals surface area contributed by atoms with Crippen LogP contribution in [0.3, 0.4) is 0 Å². The number of hydrogen-bond acceptors (Lipinski definition) is 4. The monoisotopic (exact) mass is 1990 g/mol. The predicted molar refractivity (Wildman–Crippen MR) is 570 cm³/mol. The van der Waals surface area contributed by atoms with E-state index < -0.39 is 15.8 Å². The molecule has 0 spiro atoms. The van der Waals surface area contributed by atoms with Crippen LogP contribution in [0, 0.1) is 33.2 Å². The van der Waals surface area contributed by atoms with E-state index in [1.54, 1.807) is 0 Å². The van der Waals surface area contributed by atoms with Gasteiger partial charge in [0.1, 0.15) is 11.5 Å². The molecule has 2 unspecified atom stereocenters. The van der Waals surface area contributed by atoms with E-state index in [0.29, 0.717) is 29.5 Å². The van der Waals surface area contributed by atoms with Crippen LogP contribution in [-0.2, 0) is 50.4 Å². The average Bonchev–Trinajstić information content (AvgIpc) is 1.59. The zero-order chi connectivity index (χ0) is 90.6. The molecule has 4 nitrogen and oxygen atoms in total. The van der Waals surface area contributed by atoms with Crippen molar-refractivity contribution >= 4 is 102 Å². The van der Waals surface area contributed by atoms with Crippen LogP contribution in [0.2, 0.25) is 0 Å². The maximum Gasteiger partial charge on any atom is -0.0134 e. The van der Waals surface area contributed by atoms with Crippen molar-refractivity contribution in [3.8, 4) is 57.4 Å². The number of aromatic hydroxyl groups is 2. The van der Waals surface area contributed by atoms with Crippen LogP contribution in [0.4, 0.5) is 0 Å². The first-order valence-corrected chi connectivity index (χ1v) is 53.7. The van der Waals surface area contributed by atoms with Crippen LogP contribution in [0.1, 0.15) is 227 Å². The molecule has 0 aromatic heterocycles. The maximum absolute atomic E-state index is 11.2. The molecule has 0 amide bonds. The molecule has 6 aliphatic rings. The molecule has 670 valence electrons. The molecular weight excluding hydrogens is 1870 g/mol. The van der Waals surface area contributed by atoms with Gasteiger partial charge in [-0.1, -0.05) is 423 Å². The Bertz CT molecular complexity index is 5690. The number of benzene rings is 12. The van der Waals surface area contributed by atoms with E-state index >= 15 is 0 Å². The first-order chi connectivity index (χ1) is 62.7. The summed E-state index contributed by atoms with van der Waals surface area (Å²) < 4.78 is 1.15. The van der Waals surface area contributed by atoms with Crippen molar-refractivity contribution < 1.29 is 26.2 Å². The Morgan fingerprint density at radius 1 is 0.438 bits per heavy atom. The van der Waals surface area contributed by atoms with Gasteiger partial charge in [-0.05, 0) is 231 Å². The van der Waals surface area contributed by atoms with E-state index in [-0.39, 0.29) is 45.0 Å². The van der Waals surface area contributed by atoms with Crippen molar-refractivity contribution in [1.29, 1.82) is 0 Å². The van der Waals surface area contributed by atoms with Crippen LogP contribution in [0.25, 0.3) is 22.3 Å². The molecular formula is C120H127Cl2IN2O2P2Pd. The minimum atomic E-state index is -0.446. The summed E-state index contributed by atoms with van der Waals surface area (Å²) in [5.41, 5.74) is 20.0. The van der Waals surface area contributed by atoms with Gasteiger partial charge in [0, 0.05) is 85.5 Å². The van der Waals surface area contributed by atoms with E-state index in [1.807, 2.05) is 31.5 Å². The molecule has 0 radical (unpaired) electrons. The smallest absolute Gasteiger partial charge is 0.0134 e. The largest absolute Gasteiger partial charge is 0.0622 e. The first-order valence-electron chi connectivity index (χ1n) is 45.9. The second-order valence-electron chi connectivity index (χ2n) is 36.6. The molecule has 2 atom stereocenters. The minimum absolute atomic E-state index is 0.